The first-order valence-electron chi connectivity index (χ1n) is 10.3. The molecule has 0 bridgehead atoms. The van der Waals surface area contributed by atoms with E-state index in [0.717, 1.165) is 39.1 Å². The molecule has 0 spiro atoms. The molecule has 150 valence electrons. The summed E-state index contributed by atoms with van der Waals surface area (Å²) in [6.07, 6.45) is 0.768. The van der Waals surface area contributed by atoms with Crippen LogP contribution in [0.4, 0.5) is 10.1 Å². The van der Waals surface area contributed by atoms with Gasteiger partial charge in [-0.2, -0.15) is 0 Å². The van der Waals surface area contributed by atoms with Gasteiger partial charge in [-0.15, -0.1) is 0 Å². The Balaban J connectivity index is 1.22. The van der Waals surface area contributed by atoms with Crippen molar-refractivity contribution in [2.75, 3.05) is 37.7 Å². The van der Waals surface area contributed by atoms with Crippen LogP contribution < -0.4 is 9.64 Å². The molecule has 0 aromatic heterocycles. The van der Waals surface area contributed by atoms with Crippen molar-refractivity contribution in [3.8, 4) is 5.75 Å². The first kappa shape index (κ1) is 19.5. The molecule has 4 heteroatoms. The molecule has 1 aliphatic heterocycles. The zero-order valence-corrected chi connectivity index (χ0v) is 16.6. The van der Waals surface area contributed by atoms with Crippen molar-refractivity contribution in [3.63, 3.8) is 0 Å². The fourth-order valence-corrected chi connectivity index (χ4v) is 3.71. The predicted octanol–water partition coefficient (Wildman–Crippen LogP) is 4.77. The number of rotatable bonds is 7. The average Bonchev–Trinajstić information content (AvgIpc) is 2.77. The van der Waals surface area contributed by atoms with Crippen LogP contribution in [-0.4, -0.2) is 37.7 Å². The van der Waals surface area contributed by atoms with Gasteiger partial charge in [0.05, 0.1) is 6.61 Å². The molecule has 0 radical (unpaired) electrons. The van der Waals surface area contributed by atoms with E-state index < -0.39 is 0 Å². The number of halogens is 1. The molecule has 0 N–H and O–H groups in total. The van der Waals surface area contributed by atoms with Gasteiger partial charge in [-0.25, -0.2) is 4.39 Å². The van der Waals surface area contributed by atoms with Crippen LogP contribution in [0.25, 0.3) is 0 Å². The molecule has 0 amide bonds. The van der Waals surface area contributed by atoms with E-state index in [-0.39, 0.29) is 5.82 Å². The van der Waals surface area contributed by atoms with Gasteiger partial charge in [0.2, 0.25) is 0 Å². The van der Waals surface area contributed by atoms with Crippen LogP contribution in [0.5, 0.6) is 5.75 Å². The smallest absolute Gasteiger partial charge is 0.165 e. The maximum atomic E-state index is 13.6. The lowest BCUT2D eigenvalue weighted by atomic mass is 10.1. The van der Waals surface area contributed by atoms with Gasteiger partial charge in [0.25, 0.3) is 0 Å². The van der Waals surface area contributed by atoms with Crippen molar-refractivity contribution in [2.24, 2.45) is 0 Å². The van der Waals surface area contributed by atoms with Gasteiger partial charge in [-0.05, 0) is 35.4 Å². The number of hydrogen-bond acceptors (Lipinski definition) is 3. The second-order valence-electron chi connectivity index (χ2n) is 7.44. The third-order valence-corrected chi connectivity index (χ3v) is 5.41. The topological polar surface area (TPSA) is 15.7 Å². The van der Waals surface area contributed by atoms with E-state index in [1.165, 1.54) is 22.9 Å². The summed E-state index contributed by atoms with van der Waals surface area (Å²) in [6, 6.07) is 25.9. The van der Waals surface area contributed by atoms with Crippen LogP contribution in [0, 0.1) is 5.82 Å². The fraction of sp³-hybridized carbons (Fsp3) is 0.280. The minimum absolute atomic E-state index is 0.310. The Morgan fingerprint density at radius 2 is 1.38 bits per heavy atom. The Kier molecular flexibility index (Phi) is 6.42. The molecule has 1 aliphatic rings. The highest BCUT2D eigenvalue weighted by Crippen LogP contribution is 2.18. The fourth-order valence-electron chi connectivity index (χ4n) is 3.71. The van der Waals surface area contributed by atoms with E-state index in [1.54, 1.807) is 18.2 Å². The van der Waals surface area contributed by atoms with Gasteiger partial charge >= 0.3 is 0 Å². The van der Waals surface area contributed by atoms with Gasteiger partial charge in [0.15, 0.2) is 11.6 Å². The molecule has 0 atom stereocenters. The quantitative estimate of drug-likeness (QED) is 0.578. The van der Waals surface area contributed by atoms with Crippen LogP contribution in [0.1, 0.15) is 11.1 Å². The van der Waals surface area contributed by atoms with Crippen molar-refractivity contribution in [3.05, 3.63) is 95.8 Å². The first-order chi connectivity index (χ1) is 14.3. The molecule has 3 aromatic carbocycles. The SMILES string of the molecule is Fc1ccccc1OCCc1ccc(CN2CCN(c3ccccc3)CC2)cc1. The third-order valence-electron chi connectivity index (χ3n) is 5.41. The largest absolute Gasteiger partial charge is 0.490 e. The van der Waals surface area contributed by atoms with Crippen molar-refractivity contribution in [1.82, 2.24) is 4.90 Å². The minimum atomic E-state index is -0.310. The second-order valence-corrected chi connectivity index (χ2v) is 7.44. The van der Waals surface area contributed by atoms with Crippen LogP contribution >= 0.6 is 0 Å². The molecule has 0 aliphatic carbocycles. The average molecular weight is 391 g/mol. The van der Waals surface area contributed by atoms with Gasteiger partial charge in [0, 0.05) is 44.8 Å². The summed E-state index contributed by atoms with van der Waals surface area (Å²) in [5, 5.41) is 0. The van der Waals surface area contributed by atoms with E-state index in [2.05, 4.69) is 64.4 Å². The zero-order valence-electron chi connectivity index (χ0n) is 16.6. The molecule has 29 heavy (non-hydrogen) atoms. The zero-order chi connectivity index (χ0) is 19.9. The van der Waals surface area contributed by atoms with E-state index in [0.29, 0.717) is 12.4 Å². The number of nitrogens with zero attached hydrogens (tertiary/aromatic N) is 2. The molecule has 1 heterocycles. The van der Waals surface area contributed by atoms with Crippen LogP contribution in [-0.2, 0) is 13.0 Å². The number of piperazine rings is 1. The lowest BCUT2D eigenvalue weighted by Gasteiger charge is -2.36. The summed E-state index contributed by atoms with van der Waals surface area (Å²) >= 11 is 0. The Morgan fingerprint density at radius 3 is 2.10 bits per heavy atom. The lowest BCUT2D eigenvalue weighted by Crippen LogP contribution is -2.45. The van der Waals surface area contributed by atoms with E-state index in [1.807, 2.05) is 0 Å². The summed E-state index contributed by atoms with van der Waals surface area (Å²) < 4.78 is 19.1. The molecule has 3 nitrogen and oxygen atoms in total. The summed E-state index contributed by atoms with van der Waals surface area (Å²) in [5.41, 5.74) is 3.85. The van der Waals surface area contributed by atoms with Gasteiger partial charge in [-0.3, -0.25) is 4.90 Å². The van der Waals surface area contributed by atoms with Gasteiger partial charge < -0.3 is 9.64 Å². The second kappa shape index (κ2) is 9.57. The summed E-state index contributed by atoms with van der Waals surface area (Å²) in [5.74, 6) is 0.00831. The van der Waals surface area contributed by atoms with Gasteiger partial charge in [0.1, 0.15) is 0 Å². The van der Waals surface area contributed by atoms with Crippen molar-refractivity contribution >= 4 is 5.69 Å². The molecule has 1 saturated heterocycles. The maximum absolute atomic E-state index is 13.6. The normalized spacial score (nSPS) is 14.7. The first-order valence-corrected chi connectivity index (χ1v) is 10.3. The Bertz CT molecular complexity index is 890. The molecule has 0 saturated carbocycles. The number of anilines is 1. The molecule has 0 unspecified atom stereocenters. The number of hydrogen-bond donors (Lipinski definition) is 0. The molecular weight excluding hydrogens is 363 g/mol. The summed E-state index contributed by atoms with van der Waals surface area (Å²) in [4.78, 5) is 4.96. The van der Waals surface area contributed by atoms with Crippen molar-refractivity contribution in [1.29, 1.82) is 0 Å². The third kappa shape index (κ3) is 5.36. The summed E-state index contributed by atoms with van der Waals surface area (Å²) in [7, 11) is 0. The number of para-hydroxylation sites is 2. The van der Waals surface area contributed by atoms with Crippen LogP contribution in [0.15, 0.2) is 78.9 Å². The lowest BCUT2D eigenvalue weighted by molar-refractivity contribution is 0.250. The van der Waals surface area contributed by atoms with E-state index in [4.69, 9.17) is 4.74 Å². The molecular formula is C25H27FN2O. The highest BCUT2D eigenvalue weighted by atomic mass is 19.1. The predicted molar refractivity (Wildman–Crippen MR) is 116 cm³/mol. The number of benzene rings is 3. The Hall–Kier alpha value is -2.85. The monoisotopic (exact) mass is 390 g/mol. The highest BCUT2D eigenvalue weighted by molar-refractivity contribution is 5.46. The molecule has 4 rings (SSSR count). The molecule has 1 fully saturated rings. The van der Waals surface area contributed by atoms with Crippen LogP contribution in [0.3, 0.4) is 0 Å². The maximum Gasteiger partial charge on any atom is 0.165 e. The highest BCUT2D eigenvalue weighted by Gasteiger charge is 2.17. The van der Waals surface area contributed by atoms with Gasteiger partial charge in [-0.1, -0.05) is 54.6 Å². The Labute approximate surface area is 172 Å². The van der Waals surface area contributed by atoms with Crippen molar-refractivity contribution in [2.45, 2.75) is 13.0 Å². The van der Waals surface area contributed by atoms with E-state index in [9.17, 15) is 4.39 Å². The van der Waals surface area contributed by atoms with E-state index >= 15 is 0 Å². The molecule has 3 aromatic rings. The van der Waals surface area contributed by atoms with Crippen molar-refractivity contribution < 1.29 is 9.13 Å². The van der Waals surface area contributed by atoms with Crippen LogP contribution in [0.2, 0.25) is 0 Å². The standard InChI is InChI=1S/C25H27FN2O/c26-24-8-4-5-9-25(24)29-19-14-21-10-12-22(13-11-21)20-27-15-17-28(18-16-27)23-6-2-1-3-7-23/h1-13H,14-20H2. The minimum Gasteiger partial charge on any atom is -0.490 e. The number of ether oxygens (including phenoxy) is 1. The Morgan fingerprint density at radius 1 is 0.724 bits per heavy atom. The summed E-state index contributed by atoms with van der Waals surface area (Å²) in [6.45, 7) is 5.74.